The molecule has 0 saturated heterocycles. The number of nitrogens with one attached hydrogen (secondary N) is 1. The Hall–Kier alpha value is -0.0756. The molecule has 0 aliphatic rings. The van der Waals surface area contributed by atoms with E-state index in [1.165, 1.54) is 0 Å². The molecular weight excluding hydrogens is 103 g/mol. The first-order valence-electron chi connectivity index (χ1n) is 1.03. The Morgan fingerprint density at radius 3 is 2.60 bits per heavy atom. The van der Waals surface area contributed by atoms with Crippen LogP contribution in [0.3, 0.4) is 0 Å². The molecule has 0 amide bonds. The van der Waals surface area contributed by atoms with Crippen molar-refractivity contribution in [2.24, 2.45) is 5.10 Å². The Morgan fingerprint density at radius 1 is 2.00 bits per heavy atom. The van der Waals surface area contributed by atoms with Gasteiger partial charge in [-0.3, -0.25) is 0 Å². The molecule has 27 valence electrons. The normalized spacial score (nSPS) is 5.40. The molecule has 0 spiro atoms. The average Bonchev–Trinajstić information content (AvgIpc) is 1.41. The zero-order valence-electron chi connectivity index (χ0n) is 2.55. The van der Waals surface area contributed by atoms with Crippen LogP contribution in [0.1, 0.15) is 0 Å². The van der Waals surface area contributed by atoms with Crippen LogP contribution in [0.4, 0.5) is 0 Å². The predicted octanol–water partition coefficient (Wildman–Crippen LogP) is -0.625. The molecule has 3 heteroatoms. The first-order chi connectivity index (χ1) is 2.41. The first-order valence-corrected chi connectivity index (χ1v) is 1.84. The Labute approximate surface area is 39.8 Å². The fraction of sp³-hybridized carbons (Fsp3) is 0. The molecule has 0 radical (unpaired) electrons. The van der Waals surface area contributed by atoms with E-state index < -0.39 is 0 Å². The number of hydrogen-bond donors (Lipinski definition) is 1. The summed E-state index contributed by atoms with van der Waals surface area (Å²) >= 11 is 2.17. The van der Waals surface area contributed by atoms with Crippen LogP contribution in [-0.4, -0.2) is 11.6 Å². The predicted molar refractivity (Wildman–Crippen MR) is 17.7 cm³/mol. The van der Waals surface area contributed by atoms with Gasteiger partial charge in [0.05, 0.1) is 0 Å². The van der Waals surface area contributed by atoms with Crippen LogP contribution in [0.25, 0.3) is 0 Å². The number of hydrazone groups is 1. The van der Waals surface area contributed by atoms with Gasteiger partial charge < -0.3 is 0 Å². The van der Waals surface area contributed by atoms with Gasteiger partial charge in [0.1, 0.15) is 0 Å². The van der Waals surface area contributed by atoms with E-state index in [0.717, 1.165) is 0 Å². The zero-order chi connectivity index (χ0) is 4.12. The molecule has 0 aliphatic heterocycles. The van der Waals surface area contributed by atoms with Gasteiger partial charge in [-0.1, -0.05) is 0 Å². The molecule has 0 aromatic heterocycles. The molecule has 2 nitrogen and oxygen atoms in total. The van der Waals surface area contributed by atoms with E-state index in [1.54, 1.807) is 4.85 Å². The molecule has 0 aromatic carbocycles. The van der Waals surface area contributed by atoms with E-state index in [2.05, 4.69) is 34.2 Å². The number of rotatable bonds is 2. The van der Waals surface area contributed by atoms with Gasteiger partial charge in [0.15, 0.2) is 0 Å². The van der Waals surface area contributed by atoms with Crippen LogP contribution in [0, 0.1) is 0 Å². The van der Waals surface area contributed by atoms with Crippen LogP contribution < -0.4 is 5.43 Å². The van der Waals surface area contributed by atoms with E-state index in [0.29, 0.717) is 0 Å². The third-order valence-corrected chi connectivity index (χ3v) is 0.313. The topological polar surface area (TPSA) is 24.4 Å². The minimum absolute atomic E-state index is 1.58. The quantitative estimate of drug-likeness (QED) is 0.283. The van der Waals surface area contributed by atoms with Crippen LogP contribution in [0.15, 0.2) is 5.10 Å². The summed E-state index contributed by atoms with van der Waals surface area (Å²) in [5, 5.41) is 3.03. The Morgan fingerprint density at radius 2 is 2.60 bits per heavy atom. The van der Waals surface area contributed by atoms with E-state index in [9.17, 15) is 0 Å². The summed E-state index contributed by atoms with van der Waals surface area (Å²) in [6.45, 7) is 4.61. The maximum atomic E-state index is 4.61. The van der Waals surface area contributed by atoms with Crippen molar-refractivity contribution in [1.29, 1.82) is 0 Å². The summed E-state index contributed by atoms with van der Waals surface area (Å²) in [5.74, 6) is 0. The van der Waals surface area contributed by atoms with Crippen molar-refractivity contribution < 1.29 is 17.0 Å². The van der Waals surface area contributed by atoms with Gasteiger partial charge in [0, 0.05) is 0 Å². The van der Waals surface area contributed by atoms with Crippen molar-refractivity contribution >= 4 is 11.6 Å². The zero-order valence-corrected chi connectivity index (χ0v) is 3.95. The molecule has 0 unspecified atom stereocenters. The third-order valence-electron chi connectivity index (χ3n) is 0.132. The summed E-state index contributed by atoms with van der Waals surface area (Å²) < 4.78 is 0. The van der Waals surface area contributed by atoms with E-state index in [-0.39, 0.29) is 0 Å². The van der Waals surface area contributed by atoms with Gasteiger partial charge in [-0.25, -0.2) is 0 Å². The molecular formula is C2H3N2V-. The first kappa shape index (κ1) is 4.92. The molecule has 1 N–H and O–H groups in total. The van der Waals surface area contributed by atoms with Crippen molar-refractivity contribution in [1.82, 2.24) is 5.43 Å². The molecule has 0 saturated carbocycles. The van der Waals surface area contributed by atoms with Gasteiger partial charge in [0.25, 0.3) is 0 Å². The van der Waals surface area contributed by atoms with Gasteiger partial charge in [0.2, 0.25) is 0 Å². The molecule has 5 heavy (non-hydrogen) atoms. The fourth-order valence-corrected chi connectivity index (χ4v) is 0.137. The van der Waals surface area contributed by atoms with Crippen molar-refractivity contribution in [2.75, 3.05) is 0 Å². The second-order valence-electron chi connectivity index (χ2n) is 0.387. The van der Waals surface area contributed by atoms with Gasteiger partial charge in [-0.15, -0.1) is 0 Å². The van der Waals surface area contributed by atoms with E-state index in [4.69, 9.17) is 0 Å². The summed E-state index contributed by atoms with van der Waals surface area (Å²) in [4.78, 5) is 1.58. The van der Waals surface area contributed by atoms with Crippen LogP contribution in [0.2, 0.25) is 0 Å². The van der Waals surface area contributed by atoms with E-state index >= 15 is 0 Å². The van der Waals surface area contributed by atoms with Crippen LogP contribution in [0.5, 0.6) is 0 Å². The SMILES string of the molecule is [CH-]=NN[CH]=[V]. The Balaban J connectivity index is 2.65. The van der Waals surface area contributed by atoms with Gasteiger partial charge in [-0.05, 0) is 0 Å². The molecule has 0 fully saturated rings. The third kappa shape index (κ3) is 3.92. The van der Waals surface area contributed by atoms with Crippen molar-refractivity contribution in [3.63, 3.8) is 0 Å². The minimum atomic E-state index is 1.58. The summed E-state index contributed by atoms with van der Waals surface area (Å²) in [7, 11) is 0. The molecule has 0 rings (SSSR count). The molecule has 0 aliphatic carbocycles. The van der Waals surface area contributed by atoms with Crippen molar-refractivity contribution in [2.45, 2.75) is 0 Å². The summed E-state index contributed by atoms with van der Waals surface area (Å²) in [6, 6.07) is 0. The Bertz CT molecular complexity index is 36.9. The maximum absolute atomic E-state index is 4.61. The van der Waals surface area contributed by atoms with E-state index in [1.807, 2.05) is 0 Å². The molecule has 0 bridgehead atoms. The summed E-state index contributed by atoms with van der Waals surface area (Å²) in [6.07, 6.45) is 0. The van der Waals surface area contributed by atoms with Crippen LogP contribution >= 0.6 is 0 Å². The number of nitrogens with zero attached hydrogens (tertiary/aromatic N) is 1. The fourth-order valence-electron chi connectivity index (χ4n) is 0.0333. The van der Waals surface area contributed by atoms with Crippen molar-refractivity contribution in [3.8, 4) is 0 Å². The monoisotopic (exact) mass is 106 g/mol. The summed E-state index contributed by atoms with van der Waals surface area (Å²) in [5.41, 5.74) is 2.36. The second kappa shape index (κ2) is 3.92. The second-order valence-corrected chi connectivity index (χ2v) is 0.790. The van der Waals surface area contributed by atoms with Crippen LogP contribution in [-0.2, 0) is 17.0 Å². The number of hydrogen-bond acceptors (Lipinski definition) is 2. The average molecular weight is 106 g/mol. The molecule has 0 aromatic rings. The van der Waals surface area contributed by atoms with Gasteiger partial charge >= 0.3 is 39.1 Å². The Kier molecular flexibility index (Phi) is 3.87. The van der Waals surface area contributed by atoms with Gasteiger partial charge in [-0.2, -0.15) is 0 Å². The van der Waals surface area contributed by atoms with Crippen molar-refractivity contribution in [3.05, 3.63) is 0 Å². The molecule has 0 atom stereocenters. The standard InChI is InChI=1S/C2H3N2.V/c1-3-4-2;/h1-3H;/q-1;. The molecule has 0 heterocycles.